The SMILES string of the molecule is COc1ccc(-c2nc(COc3cc(C)cc(C)c3C)no2)cc1. The molecule has 0 unspecified atom stereocenters. The first-order chi connectivity index (χ1) is 11.6. The van der Waals surface area contributed by atoms with Gasteiger partial charge in [0.2, 0.25) is 5.82 Å². The molecule has 3 rings (SSSR count). The van der Waals surface area contributed by atoms with E-state index in [2.05, 4.69) is 30.1 Å². The predicted octanol–water partition coefficient (Wildman–Crippen LogP) is 4.25. The number of hydrogen-bond donors (Lipinski definition) is 0. The number of benzene rings is 2. The fourth-order valence-electron chi connectivity index (χ4n) is 2.46. The standard InChI is InChI=1S/C19H20N2O3/c1-12-9-13(2)14(3)17(10-12)23-11-18-20-19(24-21-18)15-5-7-16(22-4)8-6-15/h5-10H,11H2,1-4H3. The van der Waals surface area contributed by atoms with Crippen LogP contribution in [0.4, 0.5) is 0 Å². The van der Waals surface area contributed by atoms with Crippen LogP contribution in [0.5, 0.6) is 11.5 Å². The van der Waals surface area contributed by atoms with Crippen molar-refractivity contribution in [2.45, 2.75) is 27.4 Å². The molecule has 0 aliphatic carbocycles. The highest BCUT2D eigenvalue weighted by Crippen LogP contribution is 2.25. The maximum absolute atomic E-state index is 5.87. The largest absolute Gasteiger partial charge is 0.497 e. The molecule has 0 aliphatic heterocycles. The molecule has 0 radical (unpaired) electrons. The van der Waals surface area contributed by atoms with Gasteiger partial charge in [-0.05, 0) is 67.8 Å². The van der Waals surface area contributed by atoms with E-state index in [1.165, 1.54) is 11.1 Å². The van der Waals surface area contributed by atoms with Crippen LogP contribution in [0.1, 0.15) is 22.5 Å². The second kappa shape index (κ2) is 6.74. The van der Waals surface area contributed by atoms with Crippen LogP contribution in [0.15, 0.2) is 40.9 Å². The first-order valence-electron chi connectivity index (χ1n) is 7.74. The molecule has 0 bridgehead atoms. The molecule has 0 fully saturated rings. The van der Waals surface area contributed by atoms with Crippen molar-refractivity contribution >= 4 is 0 Å². The lowest BCUT2D eigenvalue weighted by Gasteiger charge is -2.10. The summed E-state index contributed by atoms with van der Waals surface area (Å²) in [5.74, 6) is 2.61. The van der Waals surface area contributed by atoms with Crippen molar-refractivity contribution < 1.29 is 14.0 Å². The van der Waals surface area contributed by atoms with E-state index in [1.807, 2.05) is 37.3 Å². The van der Waals surface area contributed by atoms with E-state index in [4.69, 9.17) is 14.0 Å². The highest BCUT2D eigenvalue weighted by molar-refractivity contribution is 5.54. The summed E-state index contributed by atoms with van der Waals surface area (Å²) in [6.45, 7) is 6.44. The Bertz CT molecular complexity index is 838. The number of methoxy groups -OCH3 is 1. The average molecular weight is 324 g/mol. The molecule has 2 aromatic carbocycles. The first kappa shape index (κ1) is 16.1. The van der Waals surface area contributed by atoms with Gasteiger partial charge in [-0.15, -0.1) is 0 Å². The van der Waals surface area contributed by atoms with E-state index in [0.717, 1.165) is 22.6 Å². The van der Waals surface area contributed by atoms with Crippen LogP contribution in [0.25, 0.3) is 11.5 Å². The summed E-state index contributed by atoms with van der Waals surface area (Å²) in [4.78, 5) is 4.38. The molecule has 1 heterocycles. The van der Waals surface area contributed by atoms with E-state index in [9.17, 15) is 0 Å². The number of hydrogen-bond acceptors (Lipinski definition) is 5. The predicted molar refractivity (Wildman–Crippen MR) is 91.3 cm³/mol. The topological polar surface area (TPSA) is 57.4 Å². The summed E-state index contributed by atoms with van der Waals surface area (Å²) >= 11 is 0. The number of rotatable bonds is 5. The molecule has 0 amide bonds. The fraction of sp³-hybridized carbons (Fsp3) is 0.263. The van der Waals surface area contributed by atoms with Gasteiger partial charge < -0.3 is 14.0 Å². The van der Waals surface area contributed by atoms with Gasteiger partial charge in [0.15, 0.2) is 6.61 Å². The third-order valence-electron chi connectivity index (χ3n) is 3.93. The zero-order valence-corrected chi connectivity index (χ0v) is 14.3. The summed E-state index contributed by atoms with van der Waals surface area (Å²) in [6.07, 6.45) is 0. The summed E-state index contributed by atoms with van der Waals surface area (Å²) in [6, 6.07) is 11.6. The Morgan fingerprint density at radius 2 is 1.79 bits per heavy atom. The zero-order chi connectivity index (χ0) is 17.1. The normalized spacial score (nSPS) is 10.7. The van der Waals surface area contributed by atoms with Crippen LogP contribution in [0, 0.1) is 20.8 Å². The van der Waals surface area contributed by atoms with Crippen molar-refractivity contribution in [1.29, 1.82) is 0 Å². The Hall–Kier alpha value is -2.82. The second-order valence-electron chi connectivity index (χ2n) is 5.74. The first-order valence-corrected chi connectivity index (χ1v) is 7.74. The molecule has 1 aromatic heterocycles. The molecule has 0 saturated carbocycles. The Kier molecular flexibility index (Phi) is 4.51. The van der Waals surface area contributed by atoms with Gasteiger partial charge in [-0.25, -0.2) is 0 Å². The monoisotopic (exact) mass is 324 g/mol. The van der Waals surface area contributed by atoms with Crippen LogP contribution in [0.2, 0.25) is 0 Å². The molecule has 5 nitrogen and oxygen atoms in total. The summed E-state index contributed by atoms with van der Waals surface area (Å²) in [5.41, 5.74) is 4.34. The minimum absolute atomic E-state index is 0.267. The molecule has 0 spiro atoms. The molecule has 24 heavy (non-hydrogen) atoms. The molecule has 0 saturated heterocycles. The van der Waals surface area contributed by atoms with Crippen LogP contribution in [-0.4, -0.2) is 17.3 Å². The van der Waals surface area contributed by atoms with Gasteiger partial charge in [0, 0.05) is 5.56 Å². The molecule has 0 N–H and O–H groups in total. The van der Waals surface area contributed by atoms with Gasteiger partial charge in [-0.3, -0.25) is 0 Å². The summed E-state index contributed by atoms with van der Waals surface area (Å²) in [5, 5.41) is 3.98. The molecular weight excluding hydrogens is 304 g/mol. The Morgan fingerprint density at radius 3 is 2.50 bits per heavy atom. The van der Waals surface area contributed by atoms with Gasteiger partial charge in [-0.2, -0.15) is 4.98 Å². The van der Waals surface area contributed by atoms with Crippen molar-refractivity contribution in [2.24, 2.45) is 0 Å². The van der Waals surface area contributed by atoms with Crippen molar-refractivity contribution in [3.8, 4) is 23.0 Å². The Morgan fingerprint density at radius 1 is 1.04 bits per heavy atom. The summed E-state index contributed by atoms with van der Waals surface area (Å²) in [7, 11) is 1.63. The third kappa shape index (κ3) is 3.40. The average Bonchev–Trinajstić information content (AvgIpc) is 3.06. The fourth-order valence-corrected chi connectivity index (χ4v) is 2.46. The Balaban J connectivity index is 1.72. The molecular formula is C19H20N2O3. The van der Waals surface area contributed by atoms with Gasteiger partial charge in [-0.1, -0.05) is 11.2 Å². The molecule has 3 aromatic rings. The second-order valence-corrected chi connectivity index (χ2v) is 5.74. The van der Waals surface area contributed by atoms with Gasteiger partial charge in [0.1, 0.15) is 11.5 Å². The lowest BCUT2D eigenvalue weighted by molar-refractivity contribution is 0.285. The lowest BCUT2D eigenvalue weighted by atomic mass is 10.1. The highest BCUT2D eigenvalue weighted by atomic mass is 16.5. The number of nitrogens with zero attached hydrogens (tertiary/aromatic N) is 2. The van der Waals surface area contributed by atoms with Gasteiger partial charge in [0.05, 0.1) is 7.11 Å². The maximum Gasteiger partial charge on any atom is 0.258 e. The smallest absolute Gasteiger partial charge is 0.258 e. The van der Waals surface area contributed by atoms with Crippen LogP contribution in [0.3, 0.4) is 0 Å². The maximum atomic E-state index is 5.87. The van der Waals surface area contributed by atoms with E-state index in [0.29, 0.717) is 11.7 Å². The van der Waals surface area contributed by atoms with Crippen LogP contribution >= 0.6 is 0 Å². The molecule has 0 aliphatic rings. The molecule has 124 valence electrons. The van der Waals surface area contributed by atoms with Gasteiger partial charge in [0.25, 0.3) is 5.89 Å². The summed E-state index contributed by atoms with van der Waals surface area (Å²) < 4.78 is 16.3. The van der Waals surface area contributed by atoms with Crippen molar-refractivity contribution in [3.05, 3.63) is 58.9 Å². The molecule has 0 atom stereocenters. The van der Waals surface area contributed by atoms with Crippen LogP contribution < -0.4 is 9.47 Å². The highest BCUT2D eigenvalue weighted by Gasteiger charge is 2.11. The number of ether oxygens (including phenoxy) is 2. The molecule has 5 heteroatoms. The van der Waals surface area contributed by atoms with Crippen molar-refractivity contribution in [3.63, 3.8) is 0 Å². The van der Waals surface area contributed by atoms with Crippen molar-refractivity contribution in [2.75, 3.05) is 7.11 Å². The van der Waals surface area contributed by atoms with Crippen molar-refractivity contribution in [1.82, 2.24) is 10.1 Å². The lowest BCUT2D eigenvalue weighted by Crippen LogP contribution is -2.00. The van der Waals surface area contributed by atoms with E-state index >= 15 is 0 Å². The quantitative estimate of drug-likeness (QED) is 0.702. The number of aryl methyl sites for hydroxylation is 2. The van der Waals surface area contributed by atoms with E-state index < -0.39 is 0 Å². The van der Waals surface area contributed by atoms with Gasteiger partial charge >= 0.3 is 0 Å². The van der Waals surface area contributed by atoms with E-state index in [-0.39, 0.29) is 6.61 Å². The minimum atomic E-state index is 0.267. The number of aromatic nitrogens is 2. The third-order valence-corrected chi connectivity index (χ3v) is 3.93. The minimum Gasteiger partial charge on any atom is -0.497 e. The zero-order valence-electron chi connectivity index (χ0n) is 14.3. The van der Waals surface area contributed by atoms with Crippen LogP contribution in [-0.2, 0) is 6.61 Å². The van der Waals surface area contributed by atoms with E-state index in [1.54, 1.807) is 7.11 Å². The Labute approximate surface area is 141 Å².